The molecule has 0 aromatic heterocycles. The second kappa shape index (κ2) is 6.95. The zero-order valence-corrected chi connectivity index (χ0v) is 20.3. The second-order valence-electron chi connectivity index (χ2n) is 10.2. The molecule has 0 aliphatic carbocycles. The molecule has 0 atom stereocenters. The summed E-state index contributed by atoms with van der Waals surface area (Å²) in [6.07, 6.45) is 0. The molecular weight excluding hydrogens is 340 g/mol. The first kappa shape index (κ1) is 22.0. The van der Waals surface area contributed by atoms with Crippen LogP contribution >= 0.6 is 0 Å². The van der Waals surface area contributed by atoms with Gasteiger partial charge in [0.25, 0.3) is 0 Å². The van der Waals surface area contributed by atoms with Crippen molar-refractivity contribution in [1.29, 1.82) is 0 Å². The fourth-order valence-corrected chi connectivity index (χ4v) is 3.86. The van der Waals surface area contributed by atoms with Gasteiger partial charge in [-0.1, -0.05) is 53.7 Å². The highest BCUT2D eigenvalue weighted by Gasteiger charge is 2.40. The smallest absolute Gasteiger partial charge is 0.250 e. The fraction of sp³-hybridized carbons (Fsp3) is 0.619. The summed E-state index contributed by atoms with van der Waals surface area (Å²) in [7, 11) is -3.79. The van der Waals surface area contributed by atoms with Gasteiger partial charge in [0, 0.05) is 6.07 Å². The first-order valence-corrected chi connectivity index (χ1v) is 15.0. The molecular formula is C21H38O2Si2. The van der Waals surface area contributed by atoms with E-state index in [0.29, 0.717) is 0 Å². The third kappa shape index (κ3) is 5.48. The molecule has 0 aliphatic rings. The zero-order valence-electron chi connectivity index (χ0n) is 18.3. The number of hydrogen-bond donors (Lipinski definition) is 0. The summed E-state index contributed by atoms with van der Waals surface area (Å²) in [4.78, 5) is 0. The number of allylic oxidation sites excluding steroid dienone is 1. The molecule has 4 heteroatoms. The van der Waals surface area contributed by atoms with Crippen molar-refractivity contribution in [2.45, 2.75) is 84.7 Å². The molecule has 0 amide bonds. The summed E-state index contributed by atoms with van der Waals surface area (Å²) in [5.74, 6) is 1.81. The number of rotatable bonds is 5. The maximum absolute atomic E-state index is 6.53. The highest BCUT2D eigenvalue weighted by molar-refractivity contribution is 6.75. The Morgan fingerprint density at radius 3 is 1.32 bits per heavy atom. The van der Waals surface area contributed by atoms with Crippen molar-refractivity contribution in [2.75, 3.05) is 0 Å². The van der Waals surface area contributed by atoms with Crippen molar-refractivity contribution in [3.05, 3.63) is 30.3 Å². The van der Waals surface area contributed by atoms with Crippen LogP contribution in [0.25, 0.3) is 5.57 Å². The van der Waals surface area contributed by atoms with Gasteiger partial charge in [0.05, 0.1) is 0 Å². The van der Waals surface area contributed by atoms with Crippen LogP contribution in [0.5, 0.6) is 11.5 Å². The van der Waals surface area contributed by atoms with E-state index in [1.54, 1.807) is 0 Å². The minimum atomic E-state index is -1.90. The van der Waals surface area contributed by atoms with Crippen LogP contribution in [0.4, 0.5) is 0 Å². The van der Waals surface area contributed by atoms with Gasteiger partial charge in [-0.05, 0) is 60.9 Å². The Labute approximate surface area is 157 Å². The van der Waals surface area contributed by atoms with E-state index in [2.05, 4.69) is 92.5 Å². The molecule has 0 N–H and O–H groups in total. The Kier molecular flexibility index (Phi) is 6.13. The van der Waals surface area contributed by atoms with E-state index in [0.717, 1.165) is 22.6 Å². The summed E-state index contributed by atoms with van der Waals surface area (Å²) < 4.78 is 13.1. The van der Waals surface area contributed by atoms with Crippen LogP contribution in [0.15, 0.2) is 24.8 Å². The lowest BCUT2D eigenvalue weighted by Gasteiger charge is -2.38. The number of hydrogen-bond acceptors (Lipinski definition) is 2. The van der Waals surface area contributed by atoms with Crippen molar-refractivity contribution in [3.63, 3.8) is 0 Å². The molecule has 0 spiro atoms. The monoisotopic (exact) mass is 378 g/mol. The van der Waals surface area contributed by atoms with Crippen LogP contribution in [0.2, 0.25) is 36.3 Å². The minimum absolute atomic E-state index is 0.159. The lowest BCUT2D eigenvalue weighted by molar-refractivity contribution is 0.474. The maximum atomic E-state index is 6.53. The van der Waals surface area contributed by atoms with Crippen molar-refractivity contribution in [3.8, 4) is 11.5 Å². The summed E-state index contributed by atoms with van der Waals surface area (Å²) in [6.45, 7) is 28.8. The number of benzene rings is 1. The highest BCUT2D eigenvalue weighted by Crippen LogP contribution is 2.41. The summed E-state index contributed by atoms with van der Waals surface area (Å²) in [6, 6.07) is 6.26. The summed E-state index contributed by atoms with van der Waals surface area (Å²) in [5, 5.41) is 0.319. The Bertz CT molecular complexity index is 586. The van der Waals surface area contributed by atoms with E-state index in [1.807, 2.05) is 6.92 Å². The van der Waals surface area contributed by atoms with Crippen LogP contribution < -0.4 is 8.85 Å². The van der Waals surface area contributed by atoms with Gasteiger partial charge in [0.2, 0.25) is 16.6 Å². The Balaban J connectivity index is 3.30. The van der Waals surface area contributed by atoms with E-state index < -0.39 is 16.6 Å². The third-order valence-corrected chi connectivity index (χ3v) is 14.4. The van der Waals surface area contributed by atoms with Gasteiger partial charge < -0.3 is 8.85 Å². The molecule has 1 aromatic rings. The molecule has 0 saturated heterocycles. The molecule has 0 radical (unpaired) electrons. The lowest BCUT2D eigenvalue weighted by atomic mass is 10.1. The molecule has 1 rings (SSSR count). The topological polar surface area (TPSA) is 18.5 Å². The lowest BCUT2D eigenvalue weighted by Crippen LogP contribution is -2.44. The molecule has 0 saturated carbocycles. The van der Waals surface area contributed by atoms with Gasteiger partial charge in [-0.15, -0.1) is 0 Å². The van der Waals surface area contributed by atoms with E-state index in [4.69, 9.17) is 8.85 Å². The van der Waals surface area contributed by atoms with E-state index in [1.165, 1.54) is 0 Å². The van der Waals surface area contributed by atoms with Crippen LogP contribution in [-0.2, 0) is 0 Å². The minimum Gasteiger partial charge on any atom is -0.543 e. The van der Waals surface area contributed by atoms with Gasteiger partial charge in [0.1, 0.15) is 11.5 Å². The van der Waals surface area contributed by atoms with Crippen molar-refractivity contribution in [2.24, 2.45) is 0 Å². The van der Waals surface area contributed by atoms with Gasteiger partial charge >= 0.3 is 0 Å². The predicted molar refractivity (Wildman–Crippen MR) is 117 cm³/mol. The Morgan fingerprint density at radius 1 is 0.760 bits per heavy atom. The molecule has 25 heavy (non-hydrogen) atoms. The van der Waals surface area contributed by atoms with Crippen LogP contribution in [-0.4, -0.2) is 16.6 Å². The highest BCUT2D eigenvalue weighted by atomic mass is 28.4. The first-order valence-electron chi connectivity index (χ1n) is 9.15. The van der Waals surface area contributed by atoms with E-state index >= 15 is 0 Å². The fourth-order valence-electron chi connectivity index (χ4n) is 1.83. The molecule has 0 bridgehead atoms. The standard InChI is InChI=1S/C21H38O2Si2/c1-16(2)17-13-18(22-24(9,10)20(3,4)5)15-19(14-17)23-25(11,12)21(6,7)8/h13-15H,1H2,2-12H3. The predicted octanol–water partition coefficient (Wildman–Crippen LogP) is 7.49. The quantitative estimate of drug-likeness (QED) is 0.494. The van der Waals surface area contributed by atoms with E-state index in [9.17, 15) is 0 Å². The Morgan fingerprint density at radius 2 is 1.08 bits per heavy atom. The van der Waals surface area contributed by atoms with Crippen LogP contribution in [0.1, 0.15) is 54.0 Å². The van der Waals surface area contributed by atoms with Crippen molar-refractivity contribution < 1.29 is 8.85 Å². The molecule has 0 aliphatic heterocycles. The van der Waals surface area contributed by atoms with Crippen molar-refractivity contribution >= 4 is 22.2 Å². The van der Waals surface area contributed by atoms with E-state index in [-0.39, 0.29) is 10.1 Å². The largest absolute Gasteiger partial charge is 0.543 e. The van der Waals surface area contributed by atoms with Crippen molar-refractivity contribution in [1.82, 2.24) is 0 Å². The third-order valence-electron chi connectivity index (χ3n) is 5.73. The van der Waals surface area contributed by atoms with Gasteiger partial charge in [0.15, 0.2) is 0 Å². The van der Waals surface area contributed by atoms with Gasteiger partial charge in [-0.2, -0.15) is 0 Å². The first-order chi connectivity index (χ1) is 11.0. The average Bonchev–Trinajstić information content (AvgIpc) is 2.34. The second-order valence-corrected chi connectivity index (χ2v) is 19.6. The molecule has 1 aromatic carbocycles. The molecule has 0 heterocycles. The molecule has 0 unspecified atom stereocenters. The molecule has 2 nitrogen and oxygen atoms in total. The molecule has 0 fully saturated rings. The average molecular weight is 379 g/mol. The normalized spacial score (nSPS) is 13.6. The Hall–Kier alpha value is -1.01. The SMILES string of the molecule is C=C(C)c1cc(O[Si](C)(C)C(C)(C)C)cc(O[Si](C)(C)C(C)(C)C)c1. The van der Waals surface area contributed by atoms with Crippen LogP contribution in [0.3, 0.4) is 0 Å². The van der Waals surface area contributed by atoms with Crippen LogP contribution in [0, 0.1) is 0 Å². The van der Waals surface area contributed by atoms with Gasteiger partial charge in [-0.25, -0.2) is 0 Å². The van der Waals surface area contributed by atoms with Gasteiger partial charge in [-0.3, -0.25) is 0 Å². The maximum Gasteiger partial charge on any atom is 0.250 e. The summed E-state index contributed by atoms with van der Waals surface area (Å²) >= 11 is 0. The molecule has 142 valence electrons. The zero-order chi connectivity index (χ0) is 19.8. The summed E-state index contributed by atoms with van der Waals surface area (Å²) in [5.41, 5.74) is 2.12.